The molecule has 0 aromatic carbocycles. The van der Waals surface area contributed by atoms with E-state index in [-0.39, 0.29) is 5.54 Å². The van der Waals surface area contributed by atoms with Gasteiger partial charge in [0.1, 0.15) is 5.82 Å². The van der Waals surface area contributed by atoms with E-state index in [1.54, 1.807) is 6.20 Å². The molecule has 0 radical (unpaired) electrons. The molecule has 1 aliphatic heterocycles. The Balaban J connectivity index is 2.07. The number of anilines is 2. The van der Waals surface area contributed by atoms with E-state index in [4.69, 9.17) is 10.6 Å². The molecule has 5 nitrogen and oxygen atoms in total. The van der Waals surface area contributed by atoms with Crippen LogP contribution in [0.3, 0.4) is 0 Å². The molecule has 1 fully saturated rings. The summed E-state index contributed by atoms with van der Waals surface area (Å²) >= 11 is 0. The molecule has 2 heterocycles. The average Bonchev–Trinajstić information content (AvgIpc) is 2.29. The van der Waals surface area contributed by atoms with Crippen LogP contribution in [0.4, 0.5) is 11.5 Å². The van der Waals surface area contributed by atoms with Crippen LogP contribution >= 0.6 is 0 Å². The second-order valence-corrected chi connectivity index (χ2v) is 4.37. The first-order valence-electron chi connectivity index (χ1n) is 5.50. The van der Waals surface area contributed by atoms with Crippen molar-refractivity contribution in [3.05, 3.63) is 18.3 Å². The largest absolute Gasteiger partial charge is 0.381 e. The van der Waals surface area contributed by atoms with E-state index < -0.39 is 0 Å². The number of ether oxygens (including phenoxy) is 1. The van der Waals surface area contributed by atoms with Gasteiger partial charge in [-0.1, -0.05) is 0 Å². The van der Waals surface area contributed by atoms with Gasteiger partial charge >= 0.3 is 0 Å². The number of nitrogens with two attached hydrogens (primary N) is 1. The van der Waals surface area contributed by atoms with Gasteiger partial charge in [-0.05, 0) is 25.8 Å². The standard InChI is InChI=1S/C11H18N4O/c1-11(3-6-16-7-4-11)14-9-2-5-13-10(8-9)15-12/h2,5,8H,3-4,6-7,12H2,1H3,(H2,13,14,15). The predicted octanol–water partition coefficient (Wildman–Crippen LogP) is 1.35. The maximum absolute atomic E-state index is 5.36. The quantitative estimate of drug-likeness (QED) is 0.532. The van der Waals surface area contributed by atoms with Crippen LogP contribution in [0.15, 0.2) is 18.3 Å². The van der Waals surface area contributed by atoms with Crippen LogP contribution in [0, 0.1) is 0 Å². The second kappa shape index (κ2) is 4.67. The Kier molecular flexibility index (Phi) is 3.26. The molecule has 16 heavy (non-hydrogen) atoms. The summed E-state index contributed by atoms with van der Waals surface area (Å²) in [5.41, 5.74) is 3.68. The third kappa shape index (κ3) is 2.62. The number of hydrogen-bond donors (Lipinski definition) is 3. The molecule has 5 heteroatoms. The zero-order chi connectivity index (χ0) is 11.4. The first-order chi connectivity index (χ1) is 7.72. The number of hydrazine groups is 1. The van der Waals surface area contributed by atoms with Crippen LogP contribution in [0.25, 0.3) is 0 Å². The first kappa shape index (κ1) is 11.2. The van der Waals surface area contributed by atoms with Gasteiger partial charge in [0.05, 0.1) is 0 Å². The molecule has 1 saturated heterocycles. The van der Waals surface area contributed by atoms with E-state index in [1.807, 2.05) is 12.1 Å². The highest BCUT2D eigenvalue weighted by molar-refractivity contribution is 5.52. The number of nitrogens with zero attached hydrogens (tertiary/aromatic N) is 1. The maximum atomic E-state index is 5.36. The fourth-order valence-corrected chi connectivity index (χ4v) is 1.88. The highest BCUT2D eigenvalue weighted by Gasteiger charge is 2.26. The van der Waals surface area contributed by atoms with Gasteiger partial charge in [0.25, 0.3) is 0 Å². The fraction of sp³-hybridized carbons (Fsp3) is 0.545. The number of aromatic nitrogens is 1. The molecule has 0 saturated carbocycles. The molecule has 0 bridgehead atoms. The Hall–Kier alpha value is -1.33. The van der Waals surface area contributed by atoms with Gasteiger partial charge in [0, 0.05) is 36.7 Å². The van der Waals surface area contributed by atoms with Crippen LogP contribution in [0.1, 0.15) is 19.8 Å². The SMILES string of the molecule is CC1(Nc2ccnc(NN)c2)CCOCC1. The van der Waals surface area contributed by atoms with Crippen molar-refractivity contribution in [2.45, 2.75) is 25.3 Å². The van der Waals surface area contributed by atoms with Gasteiger partial charge in [-0.25, -0.2) is 10.8 Å². The van der Waals surface area contributed by atoms with Gasteiger partial charge in [-0.2, -0.15) is 0 Å². The van der Waals surface area contributed by atoms with E-state index in [2.05, 4.69) is 22.7 Å². The van der Waals surface area contributed by atoms with Gasteiger partial charge in [-0.3, -0.25) is 0 Å². The number of hydrogen-bond acceptors (Lipinski definition) is 5. The predicted molar refractivity (Wildman–Crippen MR) is 64.1 cm³/mol. The molecule has 0 aliphatic carbocycles. The van der Waals surface area contributed by atoms with Crippen molar-refractivity contribution in [3.8, 4) is 0 Å². The molecule has 2 rings (SSSR count). The van der Waals surface area contributed by atoms with E-state index >= 15 is 0 Å². The smallest absolute Gasteiger partial charge is 0.141 e. The summed E-state index contributed by atoms with van der Waals surface area (Å²) in [6, 6.07) is 3.85. The summed E-state index contributed by atoms with van der Waals surface area (Å²) in [5.74, 6) is 5.99. The molecule has 0 unspecified atom stereocenters. The minimum Gasteiger partial charge on any atom is -0.381 e. The Morgan fingerprint density at radius 1 is 1.44 bits per heavy atom. The van der Waals surface area contributed by atoms with E-state index in [0.29, 0.717) is 5.82 Å². The molecule has 88 valence electrons. The highest BCUT2D eigenvalue weighted by Crippen LogP contribution is 2.25. The van der Waals surface area contributed by atoms with Gasteiger partial charge < -0.3 is 15.5 Å². The third-order valence-electron chi connectivity index (χ3n) is 2.95. The topological polar surface area (TPSA) is 72.2 Å². The van der Waals surface area contributed by atoms with Crippen LogP contribution < -0.4 is 16.6 Å². The van der Waals surface area contributed by atoms with Crippen molar-refractivity contribution in [2.24, 2.45) is 5.84 Å². The van der Waals surface area contributed by atoms with Crippen LogP contribution in [-0.4, -0.2) is 23.7 Å². The van der Waals surface area contributed by atoms with E-state index in [9.17, 15) is 0 Å². The second-order valence-electron chi connectivity index (χ2n) is 4.37. The average molecular weight is 222 g/mol. The lowest BCUT2D eigenvalue weighted by atomic mass is 9.92. The minimum absolute atomic E-state index is 0.103. The van der Waals surface area contributed by atoms with Crippen LogP contribution in [0.5, 0.6) is 0 Å². The Morgan fingerprint density at radius 2 is 2.19 bits per heavy atom. The van der Waals surface area contributed by atoms with Gasteiger partial charge in [0.2, 0.25) is 0 Å². The van der Waals surface area contributed by atoms with Crippen LogP contribution in [0.2, 0.25) is 0 Å². The molecule has 4 N–H and O–H groups in total. The monoisotopic (exact) mass is 222 g/mol. The third-order valence-corrected chi connectivity index (χ3v) is 2.95. The normalized spacial score (nSPS) is 19.1. The Morgan fingerprint density at radius 3 is 2.88 bits per heavy atom. The molecule has 0 spiro atoms. The summed E-state index contributed by atoms with van der Waals surface area (Å²) in [5, 5.41) is 3.52. The summed E-state index contributed by atoms with van der Waals surface area (Å²) in [6.45, 7) is 3.85. The Labute approximate surface area is 95.4 Å². The molecule has 1 aliphatic rings. The summed E-state index contributed by atoms with van der Waals surface area (Å²) in [4.78, 5) is 4.07. The lowest BCUT2D eigenvalue weighted by Crippen LogP contribution is -2.40. The fourth-order valence-electron chi connectivity index (χ4n) is 1.88. The van der Waals surface area contributed by atoms with Crippen molar-refractivity contribution in [1.29, 1.82) is 0 Å². The zero-order valence-electron chi connectivity index (χ0n) is 9.49. The molecule has 0 atom stereocenters. The van der Waals surface area contributed by atoms with E-state index in [1.165, 1.54) is 0 Å². The lowest BCUT2D eigenvalue weighted by Gasteiger charge is -2.35. The minimum atomic E-state index is 0.103. The van der Waals surface area contributed by atoms with Crippen molar-refractivity contribution < 1.29 is 4.74 Å². The number of pyridine rings is 1. The number of nitrogens with one attached hydrogen (secondary N) is 2. The molecular formula is C11H18N4O. The molecule has 0 amide bonds. The molecule has 1 aromatic heterocycles. The maximum Gasteiger partial charge on any atom is 0.141 e. The van der Waals surface area contributed by atoms with Crippen molar-refractivity contribution >= 4 is 11.5 Å². The van der Waals surface area contributed by atoms with Crippen molar-refractivity contribution in [2.75, 3.05) is 24.0 Å². The van der Waals surface area contributed by atoms with Crippen molar-refractivity contribution in [1.82, 2.24) is 4.98 Å². The summed E-state index contributed by atoms with van der Waals surface area (Å²) < 4.78 is 5.36. The van der Waals surface area contributed by atoms with Crippen LogP contribution in [-0.2, 0) is 4.74 Å². The summed E-state index contributed by atoms with van der Waals surface area (Å²) in [6.07, 6.45) is 3.77. The number of nitrogen functional groups attached to an aromatic ring is 1. The lowest BCUT2D eigenvalue weighted by molar-refractivity contribution is 0.0658. The van der Waals surface area contributed by atoms with Gasteiger partial charge in [-0.15, -0.1) is 0 Å². The molecule has 1 aromatic rings. The zero-order valence-corrected chi connectivity index (χ0v) is 9.49. The Bertz CT molecular complexity index is 350. The first-order valence-corrected chi connectivity index (χ1v) is 5.50. The highest BCUT2D eigenvalue weighted by atomic mass is 16.5. The number of rotatable bonds is 3. The summed E-state index contributed by atoms with van der Waals surface area (Å²) in [7, 11) is 0. The van der Waals surface area contributed by atoms with Crippen molar-refractivity contribution in [3.63, 3.8) is 0 Å². The van der Waals surface area contributed by atoms with E-state index in [0.717, 1.165) is 31.7 Å². The van der Waals surface area contributed by atoms with Gasteiger partial charge in [0.15, 0.2) is 0 Å². The molecular weight excluding hydrogens is 204 g/mol.